The molecule has 1 saturated heterocycles. The Morgan fingerprint density at radius 2 is 2.19 bits per heavy atom. The standard InChI is InChI=1S/C13H14Cl2N4O.ClH/c1-19-5-4-16-7-11(19)12-17-13(20-18-12)9-3-2-8(14)6-10(9)15;/h2-3,6,11,16H,4-5,7H2,1H3;1H. The number of halogens is 3. The second-order valence-electron chi connectivity index (χ2n) is 4.78. The van der Waals surface area contributed by atoms with Gasteiger partial charge in [0.2, 0.25) is 0 Å². The second kappa shape index (κ2) is 6.94. The number of nitrogens with one attached hydrogen (secondary N) is 1. The maximum absolute atomic E-state index is 6.15. The summed E-state index contributed by atoms with van der Waals surface area (Å²) in [7, 11) is 2.05. The van der Waals surface area contributed by atoms with Crippen LogP contribution >= 0.6 is 35.6 Å². The van der Waals surface area contributed by atoms with Crippen molar-refractivity contribution in [2.24, 2.45) is 0 Å². The molecule has 1 aliphatic rings. The number of hydrogen-bond acceptors (Lipinski definition) is 5. The van der Waals surface area contributed by atoms with Gasteiger partial charge in [0, 0.05) is 24.7 Å². The minimum Gasteiger partial charge on any atom is -0.334 e. The molecule has 0 spiro atoms. The first-order valence-corrected chi connectivity index (χ1v) is 7.11. The van der Waals surface area contributed by atoms with Gasteiger partial charge in [-0.25, -0.2) is 0 Å². The van der Waals surface area contributed by atoms with Crippen molar-refractivity contribution in [2.75, 3.05) is 26.7 Å². The van der Waals surface area contributed by atoms with Gasteiger partial charge in [-0.05, 0) is 25.2 Å². The normalized spacial score (nSPS) is 19.3. The molecule has 8 heteroatoms. The van der Waals surface area contributed by atoms with Gasteiger partial charge in [0.15, 0.2) is 5.82 Å². The lowest BCUT2D eigenvalue weighted by Gasteiger charge is -2.30. The van der Waals surface area contributed by atoms with E-state index in [0.717, 1.165) is 19.6 Å². The summed E-state index contributed by atoms with van der Waals surface area (Å²) in [5.41, 5.74) is 0.696. The fraction of sp³-hybridized carbons (Fsp3) is 0.385. The summed E-state index contributed by atoms with van der Waals surface area (Å²) in [6.07, 6.45) is 0. The molecule has 1 aliphatic heterocycles. The van der Waals surface area contributed by atoms with Crippen LogP contribution in [0.25, 0.3) is 11.5 Å². The minimum absolute atomic E-state index is 0. The summed E-state index contributed by atoms with van der Waals surface area (Å²) in [4.78, 5) is 6.66. The Kier molecular flexibility index (Phi) is 5.46. The molecule has 2 heterocycles. The molecular formula is C13H15Cl3N4O. The first-order chi connectivity index (χ1) is 9.65. The van der Waals surface area contributed by atoms with Crippen molar-refractivity contribution in [3.63, 3.8) is 0 Å². The summed E-state index contributed by atoms with van der Waals surface area (Å²) in [6, 6.07) is 5.31. The molecule has 0 saturated carbocycles. The van der Waals surface area contributed by atoms with E-state index >= 15 is 0 Å². The number of hydrogen-bond donors (Lipinski definition) is 1. The van der Waals surface area contributed by atoms with E-state index in [9.17, 15) is 0 Å². The highest BCUT2D eigenvalue weighted by Gasteiger charge is 2.25. The fourth-order valence-corrected chi connectivity index (χ4v) is 2.73. The molecule has 1 aromatic carbocycles. The third-order valence-corrected chi connectivity index (χ3v) is 3.96. The average Bonchev–Trinajstić information content (AvgIpc) is 2.88. The second-order valence-corrected chi connectivity index (χ2v) is 5.63. The van der Waals surface area contributed by atoms with E-state index in [4.69, 9.17) is 27.7 Å². The predicted molar refractivity (Wildman–Crippen MR) is 85.2 cm³/mol. The van der Waals surface area contributed by atoms with Gasteiger partial charge < -0.3 is 9.84 Å². The molecule has 2 aromatic rings. The zero-order chi connectivity index (χ0) is 14.1. The van der Waals surface area contributed by atoms with E-state index in [1.165, 1.54) is 0 Å². The molecule has 5 nitrogen and oxygen atoms in total. The molecule has 1 fully saturated rings. The van der Waals surface area contributed by atoms with Crippen LogP contribution in [0.1, 0.15) is 11.9 Å². The summed E-state index contributed by atoms with van der Waals surface area (Å²) in [5.74, 6) is 1.08. The van der Waals surface area contributed by atoms with Crippen molar-refractivity contribution >= 4 is 35.6 Å². The van der Waals surface area contributed by atoms with Crippen LogP contribution in [-0.2, 0) is 0 Å². The number of likely N-dealkylation sites (N-methyl/N-ethyl adjacent to an activating group) is 1. The molecule has 1 aromatic heterocycles. The SMILES string of the molecule is CN1CCNCC1c1noc(-c2ccc(Cl)cc2Cl)n1.Cl. The van der Waals surface area contributed by atoms with Gasteiger partial charge in [0.05, 0.1) is 16.6 Å². The average molecular weight is 350 g/mol. The lowest BCUT2D eigenvalue weighted by molar-refractivity contribution is 0.190. The lowest BCUT2D eigenvalue weighted by atomic mass is 10.2. The molecule has 3 rings (SSSR count). The Hall–Kier alpha value is -0.850. The minimum atomic E-state index is 0. The summed E-state index contributed by atoms with van der Waals surface area (Å²) in [6.45, 7) is 2.74. The third-order valence-electron chi connectivity index (χ3n) is 3.41. The van der Waals surface area contributed by atoms with Crippen LogP contribution in [0.15, 0.2) is 22.7 Å². The molecule has 1 unspecified atom stereocenters. The van der Waals surface area contributed by atoms with Gasteiger partial charge in [-0.15, -0.1) is 12.4 Å². The molecule has 0 aliphatic carbocycles. The molecule has 0 bridgehead atoms. The van der Waals surface area contributed by atoms with E-state index in [-0.39, 0.29) is 18.4 Å². The zero-order valence-electron chi connectivity index (χ0n) is 11.3. The van der Waals surface area contributed by atoms with Gasteiger partial charge >= 0.3 is 0 Å². The highest BCUT2D eigenvalue weighted by molar-refractivity contribution is 6.36. The molecule has 21 heavy (non-hydrogen) atoms. The van der Waals surface area contributed by atoms with Gasteiger partial charge in [-0.2, -0.15) is 4.98 Å². The van der Waals surface area contributed by atoms with Crippen molar-refractivity contribution in [2.45, 2.75) is 6.04 Å². The number of rotatable bonds is 2. The molecule has 0 radical (unpaired) electrons. The van der Waals surface area contributed by atoms with Crippen molar-refractivity contribution in [1.82, 2.24) is 20.4 Å². The van der Waals surface area contributed by atoms with Crippen molar-refractivity contribution in [3.05, 3.63) is 34.1 Å². The summed E-state index contributed by atoms with van der Waals surface area (Å²) < 4.78 is 5.33. The Labute approximate surface area is 139 Å². The third kappa shape index (κ3) is 3.49. The van der Waals surface area contributed by atoms with Gasteiger partial charge in [-0.1, -0.05) is 28.4 Å². The van der Waals surface area contributed by atoms with Crippen LogP contribution in [-0.4, -0.2) is 41.7 Å². The van der Waals surface area contributed by atoms with Crippen LogP contribution in [0.2, 0.25) is 10.0 Å². The van der Waals surface area contributed by atoms with E-state index in [1.807, 2.05) is 0 Å². The van der Waals surface area contributed by atoms with Gasteiger partial charge in [0.25, 0.3) is 5.89 Å². The molecule has 114 valence electrons. The maximum atomic E-state index is 6.15. The Morgan fingerprint density at radius 3 is 2.90 bits per heavy atom. The Bertz CT molecular complexity index is 619. The van der Waals surface area contributed by atoms with Crippen LogP contribution in [0.5, 0.6) is 0 Å². The van der Waals surface area contributed by atoms with Crippen molar-refractivity contribution < 1.29 is 4.52 Å². The lowest BCUT2D eigenvalue weighted by Crippen LogP contribution is -2.44. The van der Waals surface area contributed by atoms with E-state index < -0.39 is 0 Å². The molecule has 1 N–H and O–H groups in total. The van der Waals surface area contributed by atoms with Crippen molar-refractivity contribution in [3.8, 4) is 11.5 Å². The highest BCUT2D eigenvalue weighted by Crippen LogP contribution is 2.30. The maximum Gasteiger partial charge on any atom is 0.259 e. The van der Waals surface area contributed by atoms with E-state index in [0.29, 0.717) is 27.3 Å². The van der Waals surface area contributed by atoms with E-state index in [1.54, 1.807) is 18.2 Å². The zero-order valence-corrected chi connectivity index (χ0v) is 13.7. The van der Waals surface area contributed by atoms with Crippen LogP contribution < -0.4 is 5.32 Å². The molecule has 1 atom stereocenters. The first kappa shape index (κ1) is 16.5. The number of aromatic nitrogens is 2. The largest absolute Gasteiger partial charge is 0.334 e. The van der Waals surface area contributed by atoms with Gasteiger partial charge in [0.1, 0.15) is 0 Å². The Morgan fingerprint density at radius 1 is 1.38 bits per heavy atom. The van der Waals surface area contributed by atoms with E-state index in [2.05, 4.69) is 27.4 Å². The summed E-state index contributed by atoms with van der Waals surface area (Å²) >= 11 is 12.0. The fourth-order valence-electron chi connectivity index (χ4n) is 2.24. The predicted octanol–water partition coefficient (Wildman–Crippen LogP) is 3.04. The van der Waals surface area contributed by atoms with Gasteiger partial charge in [-0.3, -0.25) is 4.90 Å². The quantitative estimate of drug-likeness (QED) is 0.903. The summed E-state index contributed by atoms with van der Waals surface area (Å²) in [5, 5.41) is 8.48. The Balaban J connectivity index is 0.00000161. The first-order valence-electron chi connectivity index (χ1n) is 6.35. The molecular weight excluding hydrogens is 335 g/mol. The number of benzene rings is 1. The molecule has 0 amide bonds. The highest BCUT2D eigenvalue weighted by atomic mass is 35.5. The monoisotopic (exact) mass is 348 g/mol. The smallest absolute Gasteiger partial charge is 0.259 e. The van der Waals surface area contributed by atoms with Crippen LogP contribution in [0.3, 0.4) is 0 Å². The number of piperazine rings is 1. The number of nitrogens with zero attached hydrogens (tertiary/aromatic N) is 3. The van der Waals surface area contributed by atoms with Crippen molar-refractivity contribution in [1.29, 1.82) is 0 Å². The van der Waals surface area contributed by atoms with Crippen LogP contribution in [0, 0.1) is 0 Å². The topological polar surface area (TPSA) is 54.2 Å². The van der Waals surface area contributed by atoms with Crippen LogP contribution in [0.4, 0.5) is 0 Å².